The average Bonchev–Trinajstić information content (AvgIpc) is 3.51. The van der Waals surface area contributed by atoms with Gasteiger partial charge in [-0.3, -0.25) is 4.79 Å². The molecule has 4 heterocycles. The van der Waals surface area contributed by atoms with Crippen LogP contribution in [0.25, 0.3) is 0 Å². The van der Waals surface area contributed by atoms with Crippen molar-refractivity contribution in [2.75, 3.05) is 20.2 Å². The van der Waals surface area contributed by atoms with E-state index < -0.39 is 28.0 Å². The highest BCUT2D eigenvalue weighted by atomic mass is 32.2. The quantitative estimate of drug-likeness (QED) is 0.149. The third-order valence-electron chi connectivity index (χ3n) is 6.47. The van der Waals surface area contributed by atoms with Crippen molar-refractivity contribution in [3.63, 3.8) is 0 Å². The van der Waals surface area contributed by atoms with Gasteiger partial charge in [-0.25, -0.2) is 17.9 Å². The van der Waals surface area contributed by atoms with Crippen molar-refractivity contribution in [2.45, 2.75) is 43.7 Å². The normalized spacial score (nSPS) is 29.8. The highest BCUT2D eigenvalue weighted by molar-refractivity contribution is 8.05. The Labute approximate surface area is 206 Å². The number of carboxylic acid groups (broad SMARTS) is 1. The fraction of sp³-hybridized carbons (Fsp3) is 0.571. The summed E-state index contributed by atoms with van der Waals surface area (Å²) in [5.74, 6) is -2.32. The fourth-order valence-corrected chi connectivity index (χ4v) is 7.50. The number of sulfonamides is 1. The SMILES string of the molecule is CO/N=C(\c1ccco1)S(=O)(=O)NC[C@@H]1C[C@H](SC2=C(C(=O)O)N3C(=O)[C@H]([C@@H](C)O)[C@H]3C2C)CN1. The monoisotopic (exact) mass is 528 g/mol. The van der Waals surface area contributed by atoms with Crippen molar-refractivity contribution in [3.8, 4) is 0 Å². The Hall–Kier alpha value is -2.39. The van der Waals surface area contributed by atoms with E-state index in [2.05, 4.69) is 20.0 Å². The summed E-state index contributed by atoms with van der Waals surface area (Å²) in [5.41, 5.74) is -0.0163. The number of β-lactam (4-membered cyclic amide) rings is 1. The number of thioether (sulfide) groups is 1. The van der Waals surface area contributed by atoms with Gasteiger partial charge in [0.2, 0.25) is 5.91 Å². The molecule has 3 aliphatic rings. The number of carbonyl (C=O) groups excluding carboxylic acids is 1. The van der Waals surface area contributed by atoms with Gasteiger partial charge in [0.05, 0.1) is 24.3 Å². The van der Waals surface area contributed by atoms with Gasteiger partial charge < -0.3 is 29.7 Å². The zero-order valence-electron chi connectivity index (χ0n) is 19.4. The molecule has 0 bridgehead atoms. The first-order chi connectivity index (χ1) is 16.6. The first-order valence-electron chi connectivity index (χ1n) is 11.1. The minimum absolute atomic E-state index is 0.0163. The van der Waals surface area contributed by atoms with Gasteiger partial charge in [-0.15, -0.1) is 11.8 Å². The Morgan fingerprint density at radius 1 is 1.49 bits per heavy atom. The van der Waals surface area contributed by atoms with Gasteiger partial charge in [-0.2, -0.15) is 0 Å². The molecule has 12 nitrogen and oxygen atoms in total. The summed E-state index contributed by atoms with van der Waals surface area (Å²) in [6.07, 6.45) is 1.05. The van der Waals surface area contributed by atoms with Crippen LogP contribution in [0, 0.1) is 11.8 Å². The van der Waals surface area contributed by atoms with Gasteiger partial charge in [0.25, 0.3) is 15.1 Å². The molecule has 14 heteroatoms. The van der Waals surface area contributed by atoms with Crippen LogP contribution in [0.1, 0.15) is 26.0 Å². The molecule has 0 aliphatic carbocycles. The molecule has 35 heavy (non-hydrogen) atoms. The number of hydrogen-bond donors (Lipinski definition) is 4. The van der Waals surface area contributed by atoms with Crippen LogP contribution >= 0.6 is 11.8 Å². The van der Waals surface area contributed by atoms with E-state index in [4.69, 9.17) is 4.42 Å². The summed E-state index contributed by atoms with van der Waals surface area (Å²) in [7, 11) is -2.77. The van der Waals surface area contributed by atoms with E-state index >= 15 is 0 Å². The molecule has 1 amide bonds. The largest absolute Gasteiger partial charge is 0.477 e. The molecular formula is C21H28N4O8S2. The maximum absolute atomic E-state index is 12.7. The fourth-order valence-electron chi connectivity index (χ4n) is 4.87. The summed E-state index contributed by atoms with van der Waals surface area (Å²) in [5, 5.41) is 26.2. The van der Waals surface area contributed by atoms with Crippen molar-refractivity contribution >= 4 is 38.7 Å². The van der Waals surface area contributed by atoms with E-state index in [9.17, 15) is 28.2 Å². The molecule has 1 aromatic rings. The Bertz CT molecular complexity index is 1150. The van der Waals surface area contributed by atoms with Crippen LogP contribution in [-0.4, -0.2) is 84.1 Å². The lowest BCUT2D eigenvalue weighted by Gasteiger charge is -2.46. The molecule has 2 saturated heterocycles. The number of amides is 1. The highest BCUT2D eigenvalue weighted by Gasteiger charge is 2.60. The van der Waals surface area contributed by atoms with Crippen molar-refractivity contribution in [1.82, 2.24) is 14.9 Å². The van der Waals surface area contributed by atoms with Crippen molar-refractivity contribution < 1.29 is 37.5 Å². The summed E-state index contributed by atoms with van der Waals surface area (Å²) in [4.78, 5) is 31.1. The van der Waals surface area contributed by atoms with Crippen molar-refractivity contribution in [2.24, 2.45) is 17.0 Å². The second kappa shape index (κ2) is 9.93. The zero-order chi connectivity index (χ0) is 25.5. The molecule has 0 aromatic carbocycles. The summed E-state index contributed by atoms with van der Waals surface area (Å²) in [6, 6.07) is 2.44. The minimum atomic E-state index is -4.01. The molecule has 6 atom stereocenters. The number of oxime groups is 1. The van der Waals surface area contributed by atoms with Crippen LogP contribution in [0.3, 0.4) is 0 Å². The summed E-state index contributed by atoms with van der Waals surface area (Å²) >= 11 is 1.40. The maximum atomic E-state index is 12.7. The van der Waals surface area contributed by atoms with Crippen LogP contribution in [-0.2, 0) is 24.4 Å². The van der Waals surface area contributed by atoms with Crippen molar-refractivity contribution in [3.05, 3.63) is 34.8 Å². The predicted molar refractivity (Wildman–Crippen MR) is 127 cm³/mol. The molecule has 1 unspecified atom stereocenters. The molecule has 0 spiro atoms. The van der Waals surface area contributed by atoms with Gasteiger partial charge in [-0.1, -0.05) is 12.1 Å². The molecule has 3 aliphatic heterocycles. The Balaban J connectivity index is 1.40. The predicted octanol–water partition coefficient (Wildman–Crippen LogP) is 0.124. The topological polar surface area (TPSA) is 171 Å². The Morgan fingerprint density at radius 3 is 2.83 bits per heavy atom. The first kappa shape index (κ1) is 25.7. The number of furan rings is 1. The summed E-state index contributed by atoms with van der Waals surface area (Å²) < 4.78 is 33.2. The van der Waals surface area contributed by atoms with Crippen LogP contribution < -0.4 is 10.0 Å². The van der Waals surface area contributed by atoms with Gasteiger partial charge in [0, 0.05) is 35.2 Å². The van der Waals surface area contributed by atoms with Gasteiger partial charge in [-0.05, 0) is 25.5 Å². The lowest BCUT2D eigenvalue weighted by molar-refractivity contribution is -0.163. The van der Waals surface area contributed by atoms with Crippen LogP contribution in [0.4, 0.5) is 0 Å². The van der Waals surface area contributed by atoms with E-state index in [1.54, 1.807) is 13.0 Å². The van der Waals surface area contributed by atoms with Crippen LogP contribution in [0.5, 0.6) is 0 Å². The molecule has 192 valence electrons. The van der Waals surface area contributed by atoms with Gasteiger partial charge in [0.1, 0.15) is 12.8 Å². The smallest absolute Gasteiger partial charge is 0.353 e. The molecule has 2 fully saturated rings. The molecule has 0 radical (unpaired) electrons. The van der Waals surface area contributed by atoms with Crippen LogP contribution in [0.2, 0.25) is 0 Å². The number of aliphatic hydroxyl groups is 1. The van der Waals surface area contributed by atoms with Gasteiger partial charge >= 0.3 is 5.97 Å². The zero-order valence-corrected chi connectivity index (χ0v) is 21.0. The number of carboxylic acids is 1. The first-order valence-corrected chi connectivity index (χ1v) is 13.5. The minimum Gasteiger partial charge on any atom is -0.477 e. The maximum Gasteiger partial charge on any atom is 0.353 e. The molecule has 1 aromatic heterocycles. The lowest BCUT2D eigenvalue weighted by atomic mass is 9.79. The number of carbonyl (C=O) groups is 2. The molecular weight excluding hydrogens is 500 g/mol. The third kappa shape index (κ3) is 4.72. The van der Waals surface area contributed by atoms with E-state index in [1.165, 1.54) is 36.1 Å². The Kier molecular flexibility index (Phi) is 7.29. The van der Waals surface area contributed by atoms with Crippen LogP contribution in [0.15, 0.2) is 38.6 Å². The highest BCUT2D eigenvalue weighted by Crippen LogP contribution is 2.51. The lowest BCUT2D eigenvalue weighted by Crippen LogP contribution is -2.63. The number of nitrogens with zero attached hydrogens (tertiary/aromatic N) is 2. The van der Waals surface area contributed by atoms with E-state index in [-0.39, 0.29) is 52.2 Å². The third-order valence-corrected chi connectivity index (χ3v) is 9.31. The number of aliphatic hydroxyl groups excluding tert-OH is 1. The van der Waals surface area contributed by atoms with Crippen molar-refractivity contribution in [1.29, 1.82) is 0 Å². The number of nitrogens with one attached hydrogen (secondary N) is 2. The van der Waals surface area contributed by atoms with E-state index in [0.717, 1.165) is 0 Å². The summed E-state index contributed by atoms with van der Waals surface area (Å²) in [6.45, 7) is 4.03. The molecule has 0 saturated carbocycles. The number of fused-ring (bicyclic) bond motifs is 1. The second-order valence-corrected chi connectivity index (χ2v) is 11.8. The number of rotatable bonds is 9. The van der Waals surface area contributed by atoms with E-state index in [0.29, 0.717) is 17.9 Å². The number of hydrogen-bond acceptors (Lipinski definition) is 10. The Morgan fingerprint density at radius 2 is 2.23 bits per heavy atom. The van der Waals surface area contributed by atoms with Gasteiger partial charge in [0.15, 0.2) is 5.76 Å². The standard InChI is InChI=1S/C21H28N4O8S2/c1-10-16-15(11(2)26)20(27)25(16)17(21(28)29)18(10)34-13-7-12(22-9-13)8-23-35(30,31)19(24-32-3)14-5-4-6-33-14/h4-6,10-13,15-16,22-23,26H,7-9H2,1-3H3,(H,28,29)/b24-19+/t10?,11-,12+,13+,15-,16-/m1/s1. The average molecular weight is 529 g/mol. The second-order valence-electron chi connectivity index (χ2n) is 8.76. The molecule has 4 N–H and O–H groups in total. The molecule has 4 rings (SSSR count). The van der Waals surface area contributed by atoms with E-state index in [1.807, 2.05) is 6.92 Å². The number of aliphatic carboxylic acids is 1.